The van der Waals surface area contributed by atoms with Crippen LogP contribution in [0.5, 0.6) is 0 Å². The number of rotatable bonds is 6. The number of benzene rings is 1. The third-order valence-corrected chi connectivity index (χ3v) is 5.41. The predicted octanol–water partition coefficient (Wildman–Crippen LogP) is 3.85. The van der Waals surface area contributed by atoms with E-state index >= 15 is 0 Å². The molecule has 0 aliphatic carbocycles. The van der Waals surface area contributed by atoms with Gasteiger partial charge < -0.3 is 10.2 Å². The van der Waals surface area contributed by atoms with Gasteiger partial charge in [-0.25, -0.2) is 18.7 Å². The first kappa shape index (κ1) is 21.7. The van der Waals surface area contributed by atoms with Crippen molar-refractivity contribution in [2.75, 3.05) is 6.61 Å². The summed E-state index contributed by atoms with van der Waals surface area (Å²) in [4.78, 5) is 13.1. The Morgan fingerprint density at radius 1 is 0.941 bits per heavy atom. The quantitative estimate of drug-likeness (QED) is 0.400. The Morgan fingerprint density at radius 2 is 1.79 bits per heavy atom. The van der Waals surface area contributed by atoms with Crippen LogP contribution in [0.3, 0.4) is 0 Å². The summed E-state index contributed by atoms with van der Waals surface area (Å²) in [6.07, 6.45) is 7.44. The van der Waals surface area contributed by atoms with Crippen LogP contribution in [0.15, 0.2) is 73.4 Å². The number of nitrogens with zero attached hydrogens (tertiary/aromatic N) is 5. The molecule has 1 atom stereocenters. The average molecular weight is 459 g/mol. The van der Waals surface area contributed by atoms with Crippen LogP contribution >= 0.6 is 0 Å². The molecule has 0 aliphatic rings. The molecule has 7 nitrogen and oxygen atoms in total. The fourth-order valence-corrected chi connectivity index (χ4v) is 3.76. The molecular formula is C25H19F2N5O2. The minimum absolute atomic E-state index is 0.0432. The summed E-state index contributed by atoms with van der Waals surface area (Å²) in [5, 5.41) is 23.7. The highest BCUT2D eigenvalue weighted by molar-refractivity contribution is 5.95. The fraction of sp³-hybridized carbons (Fsp3) is 0.120. The first-order chi connectivity index (χ1) is 16.5. The summed E-state index contributed by atoms with van der Waals surface area (Å²) in [5.41, 5.74) is 3.70. The van der Waals surface area contributed by atoms with Crippen LogP contribution < -0.4 is 0 Å². The fourth-order valence-electron chi connectivity index (χ4n) is 3.76. The van der Waals surface area contributed by atoms with E-state index in [1.165, 1.54) is 0 Å². The van der Waals surface area contributed by atoms with Gasteiger partial charge in [-0.15, -0.1) is 0 Å². The molecule has 0 spiro atoms. The number of aliphatic hydroxyl groups excluding tert-OH is 2. The van der Waals surface area contributed by atoms with E-state index in [0.29, 0.717) is 11.2 Å². The molecule has 0 fully saturated rings. The van der Waals surface area contributed by atoms with Gasteiger partial charge in [-0.1, -0.05) is 0 Å². The summed E-state index contributed by atoms with van der Waals surface area (Å²) in [6, 6.07) is 10.5. The zero-order chi connectivity index (χ0) is 23.7. The van der Waals surface area contributed by atoms with Gasteiger partial charge in [0.05, 0.1) is 31.1 Å². The van der Waals surface area contributed by atoms with Crippen molar-refractivity contribution in [1.82, 2.24) is 24.7 Å². The van der Waals surface area contributed by atoms with Gasteiger partial charge in [0.1, 0.15) is 11.6 Å². The summed E-state index contributed by atoms with van der Waals surface area (Å²) >= 11 is 0. The normalized spacial score (nSPS) is 12.2. The second kappa shape index (κ2) is 9.05. The monoisotopic (exact) mass is 459 g/mol. The van der Waals surface area contributed by atoms with E-state index in [2.05, 4.69) is 20.1 Å². The molecule has 0 amide bonds. The molecule has 34 heavy (non-hydrogen) atoms. The summed E-state index contributed by atoms with van der Waals surface area (Å²) in [7, 11) is 0. The lowest BCUT2D eigenvalue weighted by Gasteiger charge is -2.11. The van der Waals surface area contributed by atoms with Gasteiger partial charge in [0.15, 0.2) is 5.65 Å². The smallest absolute Gasteiger partial charge is 0.160 e. The molecule has 0 bridgehead atoms. The van der Waals surface area contributed by atoms with Crippen LogP contribution in [0.2, 0.25) is 0 Å². The highest BCUT2D eigenvalue weighted by Crippen LogP contribution is 2.33. The molecule has 5 aromatic rings. The van der Waals surface area contributed by atoms with Crippen LogP contribution in [-0.4, -0.2) is 47.7 Å². The highest BCUT2D eigenvalue weighted by atomic mass is 19.1. The largest absolute Gasteiger partial charge is 0.394 e. The Balaban J connectivity index is 1.62. The van der Waals surface area contributed by atoms with E-state index in [4.69, 9.17) is 5.11 Å². The van der Waals surface area contributed by atoms with Crippen molar-refractivity contribution >= 4 is 11.0 Å². The van der Waals surface area contributed by atoms with Gasteiger partial charge in [0.25, 0.3) is 0 Å². The maximum atomic E-state index is 14.5. The van der Waals surface area contributed by atoms with Gasteiger partial charge >= 0.3 is 0 Å². The van der Waals surface area contributed by atoms with Crippen LogP contribution in [-0.2, 0) is 6.54 Å². The number of aliphatic hydroxyl groups is 2. The van der Waals surface area contributed by atoms with Crippen LogP contribution in [0.1, 0.15) is 0 Å². The predicted molar refractivity (Wildman–Crippen MR) is 122 cm³/mol. The molecule has 1 unspecified atom stereocenters. The van der Waals surface area contributed by atoms with E-state index in [0.717, 1.165) is 40.3 Å². The Labute approximate surface area is 193 Å². The van der Waals surface area contributed by atoms with Gasteiger partial charge in [0, 0.05) is 52.4 Å². The molecule has 0 aliphatic heterocycles. The zero-order valence-corrected chi connectivity index (χ0v) is 17.8. The first-order valence-corrected chi connectivity index (χ1v) is 10.5. The standard InChI is InChI=1S/C25H19F2N5O2/c26-18-3-4-23(27)22(7-18)24-8-21(20-2-1-5-29-25(20)31-24)16-6-15(9-28-10-16)17-11-30-32(12-17)13-19(34)14-33/h1-12,19,33-34H,13-14H2. The maximum absolute atomic E-state index is 14.5. The first-order valence-electron chi connectivity index (χ1n) is 10.5. The van der Waals surface area contributed by atoms with Crippen molar-refractivity contribution in [2.45, 2.75) is 12.6 Å². The number of halogens is 2. The van der Waals surface area contributed by atoms with E-state index < -0.39 is 17.7 Å². The van der Waals surface area contributed by atoms with Gasteiger partial charge in [-0.2, -0.15) is 5.10 Å². The lowest BCUT2D eigenvalue weighted by Crippen LogP contribution is -2.19. The maximum Gasteiger partial charge on any atom is 0.160 e. The molecule has 5 rings (SSSR count). The van der Waals surface area contributed by atoms with Crippen molar-refractivity contribution in [3.05, 3.63) is 85.1 Å². The van der Waals surface area contributed by atoms with Crippen LogP contribution in [0.25, 0.3) is 44.5 Å². The average Bonchev–Trinajstić information content (AvgIpc) is 3.33. The molecule has 1 aromatic carbocycles. The molecule has 0 saturated carbocycles. The highest BCUT2D eigenvalue weighted by Gasteiger charge is 2.15. The minimum Gasteiger partial charge on any atom is -0.394 e. The molecule has 170 valence electrons. The van der Waals surface area contributed by atoms with Crippen molar-refractivity contribution in [3.63, 3.8) is 0 Å². The number of hydrogen-bond donors (Lipinski definition) is 2. The minimum atomic E-state index is -0.908. The van der Waals surface area contributed by atoms with Gasteiger partial charge in [0.2, 0.25) is 0 Å². The molecular weight excluding hydrogens is 440 g/mol. The van der Waals surface area contributed by atoms with E-state index in [9.17, 15) is 13.9 Å². The lowest BCUT2D eigenvalue weighted by molar-refractivity contribution is 0.0783. The second-order valence-corrected chi connectivity index (χ2v) is 7.80. The summed E-state index contributed by atoms with van der Waals surface area (Å²) < 4.78 is 29.9. The molecule has 4 aromatic heterocycles. The Morgan fingerprint density at radius 3 is 2.65 bits per heavy atom. The number of aromatic nitrogens is 5. The molecule has 4 heterocycles. The number of hydrogen-bond acceptors (Lipinski definition) is 6. The summed E-state index contributed by atoms with van der Waals surface area (Å²) in [6.45, 7) is -0.198. The van der Waals surface area contributed by atoms with Crippen molar-refractivity contribution in [1.29, 1.82) is 0 Å². The lowest BCUT2D eigenvalue weighted by atomic mass is 9.99. The molecule has 2 N–H and O–H groups in total. The number of fused-ring (bicyclic) bond motifs is 1. The third-order valence-electron chi connectivity index (χ3n) is 5.41. The van der Waals surface area contributed by atoms with Gasteiger partial charge in [-0.3, -0.25) is 9.67 Å². The third kappa shape index (κ3) is 4.26. The Hall–Kier alpha value is -4.08. The van der Waals surface area contributed by atoms with Crippen LogP contribution in [0.4, 0.5) is 8.78 Å². The second-order valence-electron chi connectivity index (χ2n) is 7.80. The van der Waals surface area contributed by atoms with E-state index in [-0.39, 0.29) is 24.4 Å². The SMILES string of the molecule is OCC(O)Cn1cc(-c2cncc(-c3cc(-c4cc(F)ccc4F)nc4ncccc34)c2)cn1. The number of pyridine rings is 3. The van der Waals surface area contributed by atoms with E-state index in [1.54, 1.807) is 47.8 Å². The van der Waals surface area contributed by atoms with Gasteiger partial charge in [-0.05, 0) is 48.0 Å². The zero-order valence-electron chi connectivity index (χ0n) is 17.8. The topological polar surface area (TPSA) is 97.0 Å². The Bertz CT molecular complexity index is 1490. The molecule has 0 saturated heterocycles. The molecule has 0 radical (unpaired) electrons. The van der Waals surface area contributed by atoms with E-state index in [1.807, 2.05) is 12.1 Å². The summed E-state index contributed by atoms with van der Waals surface area (Å²) in [5.74, 6) is -1.15. The van der Waals surface area contributed by atoms with Crippen molar-refractivity contribution < 1.29 is 19.0 Å². The molecule has 9 heteroatoms. The van der Waals surface area contributed by atoms with Crippen molar-refractivity contribution in [3.8, 4) is 33.5 Å². The van der Waals surface area contributed by atoms with Crippen LogP contribution in [0, 0.1) is 11.6 Å². The van der Waals surface area contributed by atoms with Crippen molar-refractivity contribution in [2.24, 2.45) is 0 Å². The Kier molecular flexibility index (Phi) is 5.79.